The summed E-state index contributed by atoms with van der Waals surface area (Å²) in [6, 6.07) is 12.8. The third-order valence-electron chi connectivity index (χ3n) is 4.54. The molecule has 0 atom stereocenters. The summed E-state index contributed by atoms with van der Waals surface area (Å²) in [5, 5.41) is 14.3. The number of rotatable bonds is 4. The van der Waals surface area contributed by atoms with Gasteiger partial charge in [0.2, 0.25) is 0 Å². The van der Waals surface area contributed by atoms with Crippen LogP contribution in [0.5, 0.6) is 0 Å². The molecule has 0 spiro atoms. The first-order valence-electron chi connectivity index (χ1n) is 8.53. The Balaban J connectivity index is 1.69. The lowest BCUT2D eigenvalue weighted by Crippen LogP contribution is -2.13. The molecular formula is C21H16N2O4S. The number of fused-ring (bicyclic) bond motifs is 1. The highest BCUT2D eigenvalue weighted by atomic mass is 32.1. The monoisotopic (exact) mass is 392 g/mol. The number of carboxylic acid groups (broad SMARTS) is 1. The van der Waals surface area contributed by atoms with Gasteiger partial charge in [0.15, 0.2) is 5.58 Å². The number of para-hydroxylation sites is 2. The average Bonchev–Trinajstić information content (AvgIpc) is 3.28. The topological polar surface area (TPSA) is 92.4 Å². The minimum atomic E-state index is -1.11. The maximum atomic E-state index is 12.5. The zero-order chi connectivity index (χ0) is 19.8. The van der Waals surface area contributed by atoms with E-state index < -0.39 is 11.9 Å². The predicted molar refractivity (Wildman–Crippen MR) is 108 cm³/mol. The standard InChI is InChI=1S/C21H16N2O4S/c1-11-7-8-13(9-12(11)2)14-10-28-20(17(14)21(25)26)23-18(24)19-22-15-5-3-4-6-16(15)27-19/h3-10H,1-2H3,(H,23,24)(H,25,26). The summed E-state index contributed by atoms with van der Waals surface area (Å²) in [6.45, 7) is 3.97. The normalized spacial score (nSPS) is 10.9. The van der Waals surface area contributed by atoms with E-state index >= 15 is 0 Å². The fraction of sp³-hybridized carbons (Fsp3) is 0.0952. The number of carboxylic acids is 1. The fourth-order valence-electron chi connectivity index (χ4n) is 2.91. The van der Waals surface area contributed by atoms with Crippen molar-refractivity contribution < 1.29 is 19.1 Å². The second-order valence-corrected chi connectivity index (χ2v) is 7.28. The summed E-state index contributed by atoms with van der Waals surface area (Å²) in [7, 11) is 0. The van der Waals surface area contributed by atoms with Gasteiger partial charge in [-0.05, 0) is 42.7 Å². The van der Waals surface area contributed by atoms with Crippen molar-refractivity contribution in [1.29, 1.82) is 0 Å². The van der Waals surface area contributed by atoms with Crippen molar-refractivity contribution in [3.63, 3.8) is 0 Å². The van der Waals surface area contributed by atoms with Gasteiger partial charge < -0.3 is 14.8 Å². The molecule has 28 heavy (non-hydrogen) atoms. The van der Waals surface area contributed by atoms with E-state index in [0.717, 1.165) is 28.0 Å². The van der Waals surface area contributed by atoms with E-state index in [1.54, 1.807) is 29.6 Å². The molecule has 0 saturated heterocycles. The molecular weight excluding hydrogens is 376 g/mol. The number of hydrogen-bond acceptors (Lipinski definition) is 5. The third kappa shape index (κ3) is 3.16. The highest BCUT2D eigenvalue weighted by Crippen LogP contribution is 2.36. The van der Waals surface area contributed by atoms with E-state index in [1.165, 1.54) is 0 Å². The molecule has 2 aromatic heterocycles. The number of nitrogens with one attached hydrogen (secondary N) is 1. The van der Waals surface area contributed by atoms with Crippen LogP contribution in [0.1, 0.15) is 32.2 Å². The smallest absolute Gasteiger partial charge is 0.339 e. The van der Waals surface area contributed by atoms with Gasteiger partial charge in [0.25, 0.3) is 5.89 Å². The van der Waals surface area contributed by atoms with Crippen molar-refractivity contribution in [2.24, 2.45) is 0 Å². The molecule has 0 fully saturated rings. The van der Waals surface area contributed by atoms with E-state index in [1.807, 2.05) is 32.0 Å². The molecule has 0 aliphatic carbocycles. The zero-order valence-electron chi connectivity index (χ0n) is 15.1. The van der Waals surface area contributed by atoms with Crippen LogP contribution in [0.25, 0.3) is 22.2 Å². The molecule has 6 nitrogen and oxygen atoms in total. The summed E-state index contributed by atoms with van der Waals surface area (Å²) in [5.74, 6) is -1.81. The highest BCUT2D eigenvalue weighted by molar-refractivity contribution is 7.15. The minimum Gasteiger partial charge on any atom is -0.478 e. The highest BCUT2D eigenvalue weighted by Gasteiger charge is 2.23. The van der Waals surface area contributed by atoms with Crippen LogP contribution in [0.15, 0.2) is 52.3 Å². The maximum absolute atomic E-state index is 12.5. The second kappa shape index (κ2) is 6.94. The first-order valence-corrected chi connectivity index (χ1v) is 9.41. The Bertz CT molecular complexity index is 1190. The van der Waals surface area contributed by atoms with Crippen molar-refractivity contribution >= 4 is 39.3 Å². The molecule has 140 valence electrons. The Morgan fingerprint density at radius 3 is 2.61 bits per heavy atom. The molecule has 7 heteroatoms. The van der Waals surface area contributed by atoms with Crippen LogP contribution >= 0.6 is 11.3 Å². The molecule has 1 amide bonds. The van der Waals surface area contributed by atoms with Crippen molar-refractivity contribution in [1.82, 2.24) is 4.98 Å². The van der Waals surface area contributed by atoms with Gasteiger partial charge in [0, 0.05) is 10.9 Å². The van der Waals surface area contributed by atoms with Crippen molar-refractivity contribution in [2.45, 2.75) is 13.8 Å². The minimum absolute atomic E-state index is 0.0534. The summed E-state index contributed by atoms with van der Waals surface area (Å²) in [5.41, 5.74) is 4.66. The number of benzene rings is 2. The molecule has 4 rings (SSSR count). The fourth-order valence-corrected chi connectivity index (χ4v) is 3.87. The molecule has 0 aliphatic heterocycles. The molecule has 0 radical (unpaired) electrons. The predicted octanol–water partition coefficient (Wildman–Crippen LogP) is 5.12. The second-order valence-electron chi connectivity index (χ2n) is 6.40. The summed E-state index contributed by atoms with van der Waals surface area (Å²) in [6.07, 6.45) is 0. The van der Waals surface area contributed by atoms with E-state index in [4.69, 9.17) is 4.42 Å². The SMILES string of the molecule is Cc1ccc(-c2csc(NC(=O)c3nc4ccccc4o3)c2C(=O)O)cc1C. The first kappa shape index (κ1) is 17.9. The van der Waals surface area contributed by atoms with Gasteiger partial charge in [-0.15, -0.1) is 11.3 Å². The zero-order valence-corrected chi connectivity index (χ0v) is 16.0. The average molecular weight is 392 g/mol. The lowest BCUT2D eigenvalue weighted by atomic mass is 9.99. The van der Waals surface area contributed by atoms with Crippen LogP contribution in [0, 0.1) is 13.8 Å². The number of hydrogen-bond donors (Lipinski definition) is 2. The van der Waals surface area contributed by atoms with Crippen molar-refractivity contribution in [3.8, 4) is 11.1 Å². The summed E-state index contributed by atoms with van der Waals surface area (Å²) >= 11 is 1.16. The molecule has 2 N–H and O–H groups in total. The number of amides is 1. The van der Waals surface area contributed by atoms with Gasteiger partial charge in [0.1, 0.15) is 16.1 Å². The number of oxazole rings is 1. The van der Waals surface area contributed by atoms with E-state index in [9.17, 15) is 14.7 Å². The van der Waals surface area contributed by atoms with Crippen molar-refractivity contribution in [3.05, 3.63) is 70.4 Å². The summed E-state index contributed by atoms with van der Waals surface area (Å²) in [4.78, 5) is 28.6. The molecule has 0 bridgehead atoms. The van der Waals surface area contributed by atoms with E-state index in [2.05, 4.69) is 10.3 Å². The number of nitrogens with zero attached hydrogens (tertiary/aromatic N) is 1. The Hall–Kier alpha value is -3.45. The number of aromatic carboxylic acids is 1. The van der Waals surface area contributed by atoms with Gasteiger partial charge >= 0.3 is 11.9 Å². The molecule has 0 unspecified atom stereocenters. The third-order valence-corrected chi connectivity index (χ3v) is 5.43. The number of aromatic nitrogens is 1. The van der Waals surface area contributed by atoms with Crippen LogP contribution in [0.4, 0.5) is 5.00 Å². The Kier molecular flexibility index (Phi) is 4.44. The van der Waals surface area contributed by atoms with E-state index in [0.29, 0.717) is 16.7 Å². The van der Waals surface area contributed by atoms with Crippen molar-refractivity contribution in [2.75, 3.05) is 5.32 Å². The van der Waals surface area contributed by atoms with Crippen LogP contribution in [-0.2, 0) is 0 Å². The molecule has 0 aliphatic rings. The molecule has 2 heterocycles. The largest absolute Gasteiger partial charge is 0.478 e. The number of carbonyl (C=O) groups excluding carboxylic acids is 1. The first-order chi connectivity index (χ1) is 13.4. The summed E-state index contributed by atoms with van der Waals surface area (Å²) < 4.78 is 5.46. The molecule has 4 aromatic rings. The number of anilines is 1. The van der Waals surface area contributed by atoms with Gasteiger partial charge in [-0.2, -0.15) is 0 Å². The van der Waals surface area contributed by atoms with Crippen LogP contribution in [0.2, 0.25) is 0 Å². The molecule has 0 saturated carbocycles. The maximum Gasteiger partial charge on any atom is 0.339 e. The van der Waals surface area contributed by atoms with E-state index in [-0.39, 0.29) is 16.5 Å². The van der Waals surface area contributed by atoms with Crippen LogP contribution in [0.3, 0.4) is 0 Å². The lowest BCUT2D eigenvalue weighted by Gasteiger charge is -2.07. The molecule has 2 aromatic carbocycles. The quantitative estimate of drug-likeness (QED) is 0.503. The van der Waals surface area contributed by atoms with Gasteiger partial charge in [0.05, 0.1) is 0 Å². The number of aryl methyl sites for hydroxylation is 2. The Labute approximate surface area is 164 Å². The van der Waals surface area contributed by atoms with Gasteiger partial charge in [-0.25, -0.2) is 9.78 Å². The van der Waals surface area contributed by atoms with Crippen LogP contribution in [-0.4, -0.2) is 22.0 Å². The number of thiophene rings is 1. The van der Waals surface area contributed by atoms with Gasteiger partial charge in [-0.3, -0.25) is 4.79 Å². The van der Waals surface area contributed by atoms with Crippen LogP contribution < -0.4 is 5.32 Å². The Morgan fingerprint density at radius 2 is 1.89 bits per heavy atom. The Morgan fingerprint density at radius 1 is 1.11 bits per heavy atom. The van der Waals surface area contributed by atoms with Gasteiger partial charge in [-0.1, -0.05) is 30.3 Å². The number of carbonyl (C=O) groups is 2. The lowest BCUT2D eigenvalue weighted by molar-refractivity contribution is 0.0699.